The largest absolute Gasteiger partial charge is 0.413 e. The van der Waals surface area contributed by atoms with Crippen LogP contribution in [0.4, 0.5) is 0 Å². The quantitative estimate of drug-likeness (QED) is 0.517. The summed E-state index contributed by atoms with van der Waals surface area (Å²) in [6, 6.07) is 9.94. The van der Waals surface area contributed by atoms with Gasteiger partial charge in [0.2, 0.25) is 0 Å². The molecule has 2 saturated heterocycles. The zero-order valence-electron chi connectivity index (χ0n) is 20.9. The van der Waals surface area contributed by atoms with Crippen molar-refractivity contribution in [1.29, 1.82) is 0 Å². The first-order valence-corrected chi connectivity index (χ1v) is 14.1. The molecule has 32 heavy (non-hydrogen) atoms. The van der Waals surface area contributed by atoms with Crippen LogP contribution in [0.3, 0.4) is 0 Å². The number of hydrogen-bond donors (Lipinski definition) is 1. The molecule has 2 heterocycles. The van der Waals surface area contributed by atoms with Gasteiger partial charge >= 0.3 is 0 Å². The molecule has 0 amide bonds. The highest BCUT2D eigenvalue weighted by atomic mass is 28.4. The molecule has 3 rings (SSSR count). The second-order valence-corrected chi connectivity index (χ2v) is 16.0. The molecule has 2 aliphatic rings. The lowest BCUT2D eigenvalue weighted by molar-refractivity contribution is -0.264. The molecule has 0 radical (unpaired) electrons. The predicted molar refractivity (Wildman–Crippen MR) is 127 cm³/mol. The van der Waals surface area contributed by atoms with Crippen LogP contribution >= 0.6 is 0 Å². The molecule has 1 aromatic carbocycles. The molecule has 0 unspecified atom stereocenters. The molecule has 6 nitrogen and oxygen atoms in total. The summed E-state index contributed by atoms with van der Waals surface area (Å²) in [6.45, 7) is 17.9. The Hall–Kier alpha value is -0.803. The highest BCUT2D eigenvalue weighted by Crippen LogP contribution is 2.43. The monoisotopic (exact) mass is 466 g/mol. The summed E-state index contributed by atoms with van der Waals surface area (Å²) < 4.78 is 31.2. The average molecular weight is 467 g/mol. The fourth-order valence-corrected chi connectivity index (χ4v) is 11.0. The number of hydrogen-bond acceptors (Lipinski definition) is 6. The molecule has 182 valence electrons. The molecule has 0 spiro atoms. The summed E-state index contributed by atoms with van der Waals surface area (Å²) in [5.74, 6) is -0.800. The highest BCUT2D eigenvalue weighted by molar-refractivity contribution is 6.77. The molecule has 0 aromatic heterocycles. The van der Waals surface area contributed by atoms with Crippen LogP contribution in [-0.2, 0) is 30.0 Å². The Morgan fingerprint density at radius 3 is 2.12 bits per heavy atom. The van der Waals surface area contributed by atoms with Gasteiger partial charge in [0.05, 0.1) is 13.2 Å². The Kier molecular flexibility index (Phi) is 8.24. The lowest BCUT2D eigenvalue weighted by Crippen LogP contribution is -2.60. The Balaban J connectivity index is 1.77. The lowest BCUT2D eigenvalue weighted by Gasteiger charge is -2.45. The third-order valence-electron chi connectivity index (χ3n) is 6.93. The van der Waals surface area contributed by atoms with Crippen molar-refractivity contribution in [3.8, 4) is 0 Å². The molecule has 0 bridgehead atoms. The van der Waals surface area contributed by atoms with Crippen molar-refractivity contribution in [3.05, 3.63) is 35.9 Å². The summed E-state index contributed by atoms with van der Waals surface area (Å²) in [6.07, 6.45) is -3.09. The third-order valence-corrected chi connectivity index (χ3v) is 13.0. The summed E-state index contributed by atoms with van der Waals surface area (Å²) >= 11 is 0. The summed E-state index contributed by atoms with van der Waals surface area (Å²) in [4.78, 5) is 0. The van der Waals surface area contributed by atoms with E-state index in [1.807, 2.05) is 44.2 Å². The van der Waals surface area contributed by atoms with Gasteiger partial charge in [-0.05, 0) is 36.0 Å². The molecular weight excluding hydrogens is 424 g/mol. The SMILES string of the molecule is CC(C)[Si](OC[C@H]1O[C@@H]2OC(C)(C)O[C@@H]2[C@@H](OCc2ccccc2)[C@@H]1O)(C(C)C)C(C)C. The van der Waals surface area contributed by atoms with E-state index < -0.39 is 44.8 Å². The van der Waals surface area contributed by atoms with Crippen molar-refractivity contribution in [2.24, 2.45) is 0 Å². The summed E-state index contributed by atoms with van der Waals surface area (Å²) in [5.41, 5.74) is 2.39. The van der Waals surface area contributed by atoms with Gasteiger partial charge in [-0.3, -0.25) is 0 Å². The molecule has 7 heteroatoms. The smallest absolute Gasteiger partial charge is 0.200 e. The zero-order chi connectivity index (χ0) is 23.7. The molecule has 0 aliphatic carbocycles. The van der Waals surface area contributed by atoms with Crippen molar-refractivity contribution in [2.45, 2.75) is 115 Å². The molecule has 1 aromatic rings. The maximum atomic E-state index is 11.3. The maximum Gasteiger partial charge on any atom is 0.200 e. The second kappa shape index (κ2) is 10.2. The Bertz CT molecular complexity index is 701. The zero-order valence-corrected chi connectivity index (χ0v) is 21.9. The Labute approximate surface area is 194 Å². The number of benzene rings is 1. The molecular formula is C25H42O6Si. The Morgan fingerprint density at radius 1 is 0.969 bits per heavy atom. The van der Waals surface area contributed by atoms with E-state index in [1.54, 1.807) is 0 Å². The standard InChI is InChI=1S/C25H42O6Si/c1-16(2)32(17(3)4,18(5)6)28-15-20-21(26)22(27-14-19-12-10-9-11-13-19)23-24(29-20)31-25(7,8)30-23/h9-13,16-18,20-24,26H,14-15H2,1-8H3/t20-,21-,22+,23-,24-/m1/s1. The lowest BCUT2D eigenvalue weighted by atomic mass is 9.99. The van der Waals surface area contributed by atoms with Crippen LogP contribution in [0.25, 0.3) is 0 Å². The van der Waals surface area contributed by atoms with Crippen molar-refractivity contribution < 1.29 is 28.5 Å². The minimum atomic E-state index is -2.10. The Morgan fingerprint density at radius 2 is 1.56 bits per heavy atom. The van der Waals surface area contributed by atoms with Gasteiger partial charge < -0.3 is 28.5 Å². The van der Waals surface area contributed by atoms with E-state index in [1.165, 1.54) is 0 Å². The van der Waals surface area contributed by atoms with Gasteiger partial charge in [-0.2, -0.15) is 0 Å². The molecule has 1 N–H and O–H groups in total. The van der Waals surface area contributed by atoms with Gasteiger partial charge in [0.15, 0.2) is 20.4 Å². The number of rotatable bonds is 9. The number of aliphatic hydroxyl groups excluding tert-OH is 1. The van der Waals surface area contributed by atoms with Gasteiger partial charge in [-0.25, -0.2) is 0 Å². The van der Waals surface area contributed by atoms with Crippen LogP contribution in [0, 0.1) is 0 Å². The van der Waals surface area contributed by atoms with Gasteiger partial charge in [-0.15, -0.1) is 0 Å². The van der Waals surface area contributed by atoms with E-state index in [0.717, 1.165) is 5.56 Å². The second-order valence-electron chi connectivity index (χ2n) is 10.5. The van der Waals surface area contributed by atoms with E-state index >= 15 is 0 Å². The van der Waals surface area contributed by atoms with Gasteiger partial charge in [-0.1, -0.05) is 71.9 Å². The summed E-state index contributed by atoms with van der Waals surface area (Å²) in [5, 5.41) is 11.3. The van der Waals surface area contributed by atoms with Crippen molar-refractivity contribution in [2.75, 3.05) is 6.61 Å². The van der Waals surface area contributed by atoms with Crippen LogP contribution in [0.15, 0.2) is 30.3 Å². The summed E-state index contributed by atoms with van der Waals surface area (Å²) in [7, 11) is -2.10. The predicted octanol–water partition coefficient (Wildman–Crippen LogP) is 5.00. The third kappa shape index (κ3) is 5.30. The average Bonchev–Trinajstić information content (AvgIpc) is 3.01. The van der Waals surface area contributed by atoms with Crippen LogP contribution in [-0.4, -0.2) is 56.5 Å². The fourth-order valence-electron chi connectivity index (χ4n) is 5.57. The van der Waals surface area contributed by atoms with Crippen molar-refractivity contribution >= 4 is 8.32 Å². The molecule has 0 saturated carbocycles. The molecule has 5 atom stereocenters. The first kappa shape index (κ1) is 25.8. The van der Waals surface area contributed by atoms with E-state index in [9.17, 15) is 5.11 Å². The number of aliphatic hydroxyl groups is 1. The van der Waals surface area contributed by atoms with Gasteiger partial charge in [0.25, 0.3) is 0 Å². The van der Waals surface area contributed by atoms with E-state index in [-0.39, 0.29) is 0 Å². The van der Waals surface area contributed by atoms with Gasteiger partial charge in [0, 0.05) is 0 Å². The fraction of sp³-hybridized carbons (Fsp3) is 0.760. The minimum Gasteiger partial charge on any atom is -0.413 e. The van der Waals surface area contributed by atoms with Crippen molar-refractivity contribution in [1.82, 2.24) is 0 Å². The van der Waals surface area contributed by atoms with Gasteiger partial charge in [0.1, 0.15) is 24.4 Å². The van der Waals surface area contributed by atoms with E-state index in [0.29, 0.717) is 29.8 Å². The molecule has 2 fully saturated rings. The maximum absolute atomic E-state index is 11.3. The molecule has 2 aliphatic heterocycles. The first-order chi connectivity index (χ1) is 15.0. The highest BCUT2D eigenvalue weighted by Gasteiger charge is 2.55. The van der Waals surface area contributed by atoms with Crippen LogP contribution in [0.1, 0.15) is 61.0 Å². The first-order valence-electron chi connectivity index (χ1n) is 12.0. The number of ether oxygens (including phenoxy) is 4. The van der Waals surface area contributed by atoms with Crippen LogP contribution in [0.2, 0.25) is 16.6 Å². The van der Waals surface area contributed by atoms with Crippen molar-refractivity contribution in [3.63, 3.8) is 0 Å². The topological polar surface area (TPSA) is 66.4 Å². The normalized spacial score (nSPS) is 30.3. The number of fused-ring (bicyclic) bond motifs is 1. The van der Waals surface area contributed by atoms with E-state index in [2.05, 4.69) is 41.5 Å². The van der Waals surface area contributed by atoms with Crippen LogP contribution in [0.5, 0.6) is 0 Å². The van der Waals surface area contributed by atoms with Crippen LogP contribution < -0.4 is 0 Å². The van der Waals surface area contributed by atoms with E-state index in [4.69, 9.17) is 23.4 Å². The minimum absolute atomic E-state index is 0.320.